The first kappa shape index (κ1) is 18.3. The van der Waals surface area contributed by atoms with Gasteiger partial charge in [0.1, 0.15) is 6.61 Å². The molecule has 0 bridgehead atoms. The molecule has 1 aliphatic carbocycles. The van der Waals surface area contributed by atoms with E-state index in [0.29, 0.717) is 11.4 Å². The van der Waals surface area contributed by atoms with Crippen molar-refractivity contribution in [3.8, 4) is 0 Å². The number of nitrogens with one attached hydrogen (secondary N) is 3. The van der Waals surface area contributed by atoms with Gasteiger partial charge in [0.2, 0.25) is 5.91 Å². The fraction of sp³-hybridized carbons (Fsp3) is 0.556. The Morgan fingerprint density at radius 2 is 1.67 bits per heavy atom. The number of rotatable bonds is 5. The Hall–Kier alpha value is -2.08. The molecule has 0 spiro atoms. The predicted octanol–water partition coefficient (Wildman–Crippen LogP) is 3.51. The van der Waals surface area contributed by atoms with Crippen molar-refractivity contribution in [1.29, 1.82) is 0 Å². The molecular formula is C18H27N3O3. The number of hydrogen-bond donors (Lipinski definition) is 3. The molecule has 0 atom stereocenters. The van der Waals surface area contributed by atoms with Gasteiger partial charge >= 0.3 is 6.03 Å². The van der Waals surface area contributed by atoms with E-state index >= 15 is 0 Å². The molecule has 0 aliphatic heterocycles. The van der Waals surface area contributed by atoms with Gasteiger partial charge in [-0.05, 0) is 31.0 Å². The molecule has 6 heteroatoms. The third-order valence-corrected chi connectivity index (χ3v) is 4.12. The van der Waals surface area contributed by atoms with Crippen LogP contribution in [0.1, 0.15) is 44.9 Å². The minimum atomic E-state index is -0.228. The molecule has 132 valence electrons. The van der Waals surface area contributed by atoms with Gasteiger partial charge in [0, 0.05) is 24.5 Å². The third-order valence-electron chi connectivity index (χ3n) is 4.12. The fourth-order valence-electron chi connectivity index (χ4n) is 2.96. The molecule has 1 fully saturated rings. The van der Waals surface area contributed by atoms with E-state index in [-0.39, 0.29) is 24.6 Å². The first-order chi connectivity index (χ1) is 11.7. The molecule has 24 heavy (non-hydrogen) atoms. The van der Waals surface area contributed by atoms with Gasteiger partial charge in [0.05, 0.1) is 0 Å². The van der Waals surface area contributed by atoms with Crippen molar-refractivity contribution in [1.82, 2.24) is 5.32 Å². The summed E-state index contributed by atoms with van der Waals surface area (Å²) in [6, 6.07) is 7.13. The highest BCUT2D eigenvalue weighted by atomic mass is 16.5. The lowest BCUT2D eigenvalue weighted by Crippen LogP contribution is -2.38. The monoisotopic (exact) mass is 333 g/mol. The van der Waals surface area contributed by atoms with Crippen molar-refractivity contribution in [3.05, 3.63) is 24.3 Å². The lowest BCUT2D eigenvalue weighted by molar-refractivity contribution is -0.119. The second-order valence-corrected chi connectivity index (χ2v) is 6.20. The average Bonchev–Trinajstić information content (AvgIpc) is 2.50. The topological polar surface area (TPSA) is 79.5 Å². The van der Waals surface area contributed by atoms with Gasteiger partial charge < -0.3 is 20.7 Å². The smallest absolute Gasteiger partial charge is 0.319 e. The zero-order valence-corrected chi connectivity index (χ0v) is 14.3. The zero-order valence-electron chi connectivity index (χ0n) is 14.3. The molecule has 3 amide bonds. The van der Waals surface area contributed by atoms with E-state index < -0.39 is 0 Å². The van der Waals surface area contributed by atoms with Crippen LogP contribution in [-0.4, -0.2) is 31.7 Å². The second kappa shape index (κ2) is 9.93. The number of hydrogen-bond acceptors (Lipinski definition) is 3. The summed E-state index contributed by atoms with van der Waals surface area (Å²) in [5.41, 5.74) is 1.27. The van der Waals surface area contributed by atoms with E-state index in [1.54, 1.807) is 24.3 Å². The van der Waals surface area contributed by atoms with Gasteiger partial charge in [0.15, 0.2) is 0 Å². The largest absolute Gasteiger partial charge is 0.375 e. The Bertz CT molecular complexity index is 540. The lowest BCUT2D eigenvalue weighted by atomic mass is 9.97. The van der Waals surface area contributed by atoms with Gasteiger partial charge in [-0.1, -0.05) is 38.2 Å². The Morgan fingerprint density at radius 1 is 1.04 bits per heavy atom. The van der Waals surface area contributed by atoms with Gasteiger partial charge in [-0.2, -0.15) is 0 Å². The van der Waals surface area contributed by atoms with Crippen molar-refractivity contribution in [3.63, 3.8) is 0 Å². The molecule has 3 N–H and O–H groups in total. The standard InChI is InChI=1S/C18H27N3O3/c1-24-13-17(22)19-15-10-7-11-16(12-15)21-18(23)20-14-8-5-3-2-4-6-9-14/h7,10-12,14H,2-6,8-9,13H2,1H3,(H,19,22)(H2,20,21,23). The molecule has 1 aromatic rings. The predicted molar refractivity (Wildman–Crippen MR) is 95.2 cm³/mol. The molecule has 1 aromatic carbocycles. The number of methoxy groups -OCH3 is 1. The number of urea groups is 1. The van der Waals surface area contributed by atoms with Crippen LogP contribution in [-0.2, 0) is 9.53 Å². The van der Waals surface area contributed by atoms with Crippen molar-refractivity contribution in [2.45, 2.75) is 51.0 Å². The maximum absolute atomic E-state index is 12.2. The minimum Gasteiger partial charge on any atom is -0.375 e. The van der Waals surface area contributed by atoms with Crippen LogP contribution in [0.25, 0.3) is 0 Å². The molecule has 0 heterocycles. The van der Waals surface area contributed by atoms with Gasteiger partial charge in [-0.15, -0.1) is 0 Å². The summed E-state index contributed by atoms with van der Waals surface area (Å²) in [5, 5.41) is 8.61. The number of carbonyl (C=O) groups is 2. The van der Waals surface area contributed by atoms with Crippen LogP contribution >= 0.6 is 0 Å². The highest BCUT2D eigenvalue weighted by Crippen LogP contribution is 2.18. The fourth-order valence-corrected chi connectivity index (χ4v) is 2.96. The van der Waals surface area contributed by atoms with E-state index in [0.717, 1.165) is 12.8 Å². The molecule has 0 unspecified atom stereocenters. The van der Waals surface area contributed by atoms with Crippen molar-refractivity contribution in [2.24, 2.45) is 0 Å². The number of amides is 3. The van der Waals surface area contributed by atoms with Crippen LogP contribution in [0.4, 0.5) is 16.2 Å². The van der Waals surface area contributed by atoms with Gasteiger partial charge in [-0.3, -0.25) is 4.79 Å². The summed E-state index contributed by atoms with van der Waals surface area (Å²) in [4.78, 5) is 23.7. The van der Waals surface area contributed by atoms with Crippen LogP contribution in [0.15, 0.2) is 24.3 Å². The van der Waals surface area contributed by atoms with Crippen molar-refractivity contribution >= 4 is 23.3 Å². The van der Waals surface area contributed by atoms with E-state index in [9.17, 15) is 9.59 Å². The van der Waals surface area contributed by atoms with E-state index in [4.69, 9.17) is 4.74 Å². The molecule has 6 nitrogen and oxygen atoms in total. The maximum Gasteiger partial charge on any atom is 0.319 e. The Morgan fingerprint density at radius 3 is 2.33 bits per heavy atom. The summed E-state index contributed by atoms with van der Waals surface area (Å²) in [5.74, 6) is -0.228. The second-order valence-electron chi connectivity index (χ2n) is 6.20. The van der Waals surface area contributed by atoms with Crippen molar-refractivity contribution in [2.75, 3.05) is 24.4 Å². The normalized spacial score (nSPS) is 15.9. The molecule has 0 radical (unpaired) electrons. The zero-order chi connectivity index (χ0) is 17.2. The Kier molecular flexibility index (Phi) is 7.55. The number of ether oxygens (including phenoxy) is 1. The van der Waals surface area contributed by atoms with E-state index in [1.807, 2.05) is 0 Å². The minimum absolute atomic E-state index is 0.000176. The van der Waals surface area contributed by atoms with Crippen LogP contribution < -0.4 is 16.0 Å². The number of carbonyl (C=O) groups excluding carboxylic acids is 2. The molecule has 0 aromatic heterocycles. The molecular weight excluding hydrogens is 306 g/mol. The number of benzene rings is 1. The summed E-state index contributed by atoms with van der Waals surface area (Å²) in [6.45, 7) is -0.000176. The van der Waals surface area contributed by atoms with Crippen LogP contribution in [0.5, 0.6) is 0 Å². The quantitative estimate of drug-likeness (QED) is 0.771. The summed E-state index contributed by atoms with van der Waals surface area (Å²) < 4.78 is 4.78. The van der Waals surface area contributed by atoms with E-state index in [2.05, 4.69) is 16.0 Å². The summed E-state index contributed by atoms with van der Waals surface area (Å²) in [7, 11) is 1.47. The first-order valence-electron chi connectivity index (χ1n) is 8.64. The lowest BCUT2D eigenvalue weighted by Gasteiger charge is -2.21. The van der Waals surface area contributed by atoms with Crippen LogP contribution in [0.3, 0.4) is 0 Å². The SMILES string of the molecule is COCC(=O)Nc1cccc(NC(=O)NC2CCCCCCC2)c1. The third kappa shape index (κ3) is 6.58. The van der Waals surface area contributed by atoms with Crippen molar-refractivity contribution < 1.29 is 14.3 Å². The highest BCUT2D eigenvalue weighted by Gasteiger charge is 2.14. The Labute approximate surface area is 143 Å². The Balaban J connectivity index is 1.85. The highest BCUT2D eigenvalue weighted by molar-refractivity contribution is 5.94. The van der Waals surface area contributed by atoms with E-state index in [1.165, 1.54) is 39.2 Å². The molecule has 1 saturated carbocycles. The summed E-state index contributed by atoms with van der Waals surface area (Å²) in [6.07, 6.45) is 8.24. The number of anilines is 2. The first-order valence-corrected chi connectivity index (χ1v) is 8.64. The molecule has 2 rings (SSSR count). The molecule has 0 saturated heterocycles. The van der Waals surface area contributed by atoms with Gasteiger partial charge in [0.25, 0.3) is 0 Å². The summed E-state index contributed by atoms with van der Waals surface area (Å²) >= 11 is 0. The van der Waals surface area contributed by atoms with Gasteiger partial charge in [-0.25, -0.2) is 4.79 Å². The van der Waals surface area contributed by atoms with Crippen LogP contribution in [0.2, 0.25) is 0 Å². The van der Waals surface area contributed by atoms with Crippen LogP contribution in [0, 0.1) is 0 Å². The molecule has 1 aliphatic rings. The average molecular weight is 333 g/mol. The maximum atomic E-state index is 12.2.